The zero-order valence-corrected chi connectivity index (χ0v) is 18.3. The topological polar surface area (TPSA) is 63.6 Å². The highest BCUT2D eigenvalue weighted by molar-refractivity contribution is 9.10. The minimum absolute atomic E-state index is 0.0882. The summed E-state index contributed by atoms with van der Waals surface area (Å²) in [7, 11) is 0. The fourth-order valence-electron chi connectivity index (χ4n) is 2.75. The van der Waals surface area contributed by atoms with Crippen molar-refractivity contribution < 1.29 is 13.9 Å². The second kappa shape index (κ2) is 9.07. The van der Waals surface area contributed by atoms with Gasteiger partial charge in [0.1, 0.15) is 11.9 Å². The third-order valence-electron chi connectivity index (χ3n) is 3.91. The van der Waals surface area contributed by atoms with Gasteiger partial charge >= 0.3 is 5.97 Å². The summed E-state index contributed by atoms with van der Waals surface area (Å²) < 4.78 is 19.3. The first-order chi connectivity index (χ1) is 13.0. The Labute approximate surface area is 177 Å². The van der Waals surface area contributed by atoms with Gasteiger partial charge in [-0.25, -0.2) is 9.37 Å². The molecule has 1 atom stereocenters. The molecular weight excluding hydrogens is 501 g/mol. The average molecular weight is 517 g/mol. The van der Waals surface area contributed by atoms with Crippen LogP contribution in [0.4, 0.5) is 4.39 Å². The molecule has 0 spiro atoms. The summed E-state index contributed by atoms with van der Waals surface area (Å²) >= 11 is 8.37. The second-order valence-electron chi connectivity index (χ2n) is 5.63. The number of esters is 1. The monoisotopic (exact) mass is 515 g/mol. The molecule has 0 saturated carbocycles. The summed E-state index contributed by atoms with van der Waals surface area (Å²) in [4.78, 5) is 21.3. The summed E-state index contributed by atoms with van der Waals surface area (Å²) in [6, 6.07) is 3.99. The van der Waals surface area contributed by atoms with Gasteiger partial charge in [-0.05, 0) is 30.2 Å². The number of amidine groups is 1. The van der Waals surface area contributed by atoms with Crippen molar-refractivity contribution in [3.8, 4) is 0 Å². The van der Waals surface area contributed by atoms with Crippen molar-refractivity contribution in [2.75, 3.05) is 11.9 Å². The van der Waals surface area contributed by atoms with E-state index in [1.807, 2.05) is 5.38 Å². The minimum Gasteiger partial charge on any atom is -0.466 e. The van der Waals surface area contributed by atoms with E-state index in [1.54, 1.807) is 19.2 Å². The van der Waals surface area contributed by atoms with Crippen molar-refractivity contribution in [3.63, 3.8) is 0 Å². The van der Waals surface area contributed by atoms with Crippen molar-refractivity contribution in [2.45, 2.75) is 19.4 Å². The Morgan fingerprint density at radius 1 is 1.44 bits per heavy atom. The molecule has 0 bridgehead atoms. The van der Waals surface area contributed by atoms with Gasteiger partial charge in [-0.15, -0.1) is 11.3 Å². The Balaban J connectivity index is 2.08. The number of rotatable bonds is 6. The van der Waals surface area contributed by atoms with Gasteiger partial charge < -0.3 is 10.1 Å². The fraction of sp³-hybridized carbons (Fsp3) is 0.278. The highest BCUT2D eigenvalue weighted by Crippen LogP contribution is 2.38. The molecule has 1 aromatic carbocycles. The number of carbonyl (C=O) groups is 1. The molecule has 3 rings (SSSR count). The van der Waals surface area contributed by atoms with Crippen LogP contribution >= 0.6 is 43.2 Å². The number of hydrogen-bond acceptors (Lipinski definition) is 6. The lowest BCUT2D eigenvalue weighted by molar-refractivity contribution is -0.142. The molecule has 0 aliphatic carbocycles. The molecule has 5 nitrogen and oxygen atoms in total. The van der Waals surface area contributed by atoms with Crippen LogP contribution in [-0.4, -0.2) is 28.7 Å². The summed E-state index contributed by atoms with van der Waals surface area (Å²) in [5, 5.41) is 6.38. The highest BCUT2D eigenvalue weighted by atomic mass is 79.9. The normalized spacial score (nSPS) is 16.7. The van der Waals surface area contributed by atoms with Crippen LogP contribution < -0.4 is 5.32 Å². The quantitative estimate of drug-likeness (QED) is 0.445. The number of thiazole rings is 1. The number of hydrogen-bond donors (Lipinski definition) is 1. The van der Waals surface area contributed by atoms with Crippen LogP contribution in [0.25, 0.3) is 0 Å². The summed E-state index contributed by atoms with van der Waals surface area (Å²) in [5.41, 5.74) is 2.37. The number of nitrogens with one attached hydrogen (secondary N) is 1. The fourth-order valence-corrected chi connectivity index (χ4v) is 4.40. The van der Waals surface area contributed by atoms with Crippen LogP contribution in [0.3, 0.4) is 0 Å². The number of carbonyl (C=O) groups excluding carboxylic acids is 1. The summed E-state index contributed by atoms with van der Waals surface area (Å²) in [6.45, 7) is 2.07. The summed E-state index contributed by atoms with van der Waals surface area (Å²) in [5.74, 6) is -0.0579. The van der Waals surface area contributed by atoms with E-state index >= 15 is 0 Å². The smallest absolute Gasteiger partial charge is 0.310 e. The van der Waals surface area contributed by atoms with Crippen molar-refractivity contribution in [2.24, 2.45) is 4.99 Å². The van der Waals surface area contributed by atoms with E-state index < -0.39 is 6.04 Å². The molecule has 0 radical (unpaired) electrons. The lowest BCUT2D eigenvalue weighted by Gasteiger charge is -2.28. The number of benzene rings is 1. The van der Waals surface area contributed by atoms with Crippen LogP contribution in [0, 0.1) is 5.82 Å². The Morgan fingerprint density at radius 3 is 2.89 bits per heavy atom. The van der Waals surface area contributed by atoms with Crippen LogP contribution in [0.2, 0.25) is 0 Å². The predicted molar refractivity (Wildman–Crippen MR) is 111 cm³/mol. The Bertz CT molecular complexity index is 900. The maximum atomic E-state index is 13.6. The third kappa shape index (κ3) is 4.64. The van der Waals surface area contributed by atoms with E-state index in [1.165, 1.54) is 23.5 Å². The largest absolute Gasteiger partial charge is 0.466 e. The van der Waals surface area contributed by atoms with Gasteiger partial charge in [0.15, 0.2) is 10.8 Å². The van der Waals surface area contributed by atoms with Crippen LogP contribution in [0.15, 0.2) is 50.5 Å². The average Bonchev–Trinajstić information content (AvgIpc) is 3.17. The van der Waals surface area contributed by atoms with Gasteiger partial charge in [0.05, 0.1) is 13.0 Å². The van der Waals surface area contributed by atoms with Crippen molar-refractivity contribution >= 4 is 55.0 Å². The molecule has 1 aromatic heterocycles. The molecule has 0 amide bonds. The Hall–Kier alpha value is -1.58. The molecule has 9 heteroatoms. The molecule has 0 saturated heterocycles. The molecular formula is C18H16Br2FN3O2S. The van der Waals surface area contributed by atoms with E-state index in [4.69, 9.17) is 9.73 Å². The second-order valence-corrected chi connectivity index (χ2v) is 7.94. The van der Waals surface area contributed by atoms with Gasteiger partial charge in [0, 0.05) is 27.1 Å². The predicted octanol–water partition coefficient (Wildman–Crippen LogP) is 4.74. The van der Waals surface area contributed by atoms with Crippen molar-refractivity contribution in [1.82, 2.24) is 10.3 Å². The van der Waals surface area contributed by atoms with Crippen molar-refractivity contribution in [1.29, 1.82) is 0 Å². The van der Waals surface area contributed by atoms with E-state index in [2.05, 4.69) is 42.2 Å². The van der Waals surface area contributed by atoms with Crippen molar-refractivity contribution in [3.05, 3.63) is 61.9 Å². The number of allylic oxidation sites excluding steroid dienone is 1. The molecule has 0 fully saturated rings. The number of aliphatic imine (C=N–C) groups is 1. The molecule has 1 aliphatic rings. The first-order valence-electron chi connectivity index (χ1n) is 8.16. The number of aromatic nitrogens is 1. The van der Waals surface area contributed by atoms with E-state index in [0.717, 1.165) is 21.8 Å². The van der Waals surface area contributed by atoms with Crippen LogP contribution in [0.5, 0.6) is 0 Å². The Kier molecular flexibility index (Phi) is 6.78. The van der Waals surface area contributed by atoms with E-state index in [-0.39, 0.29) is 18.2 Å². The zero-order valence-electron chi connectivity index (χ0n) is 14.3. The zero-order chi connectivity index (χ0) is 19.4. The number of ether oxygens (including phenoxy) is 1. The van der Waals surface area contributed by atoms with Gasteiger partial charge in [0.25, 0.3) is 0 Å². The van der Waals surface area contributed by atoms with Gasteiger partial charge in [0.2, 0.25) is 0 Å². The molecule has 27 heavy (non-hydrogen) atoms. The maximum absolute atomic E-state index is 13.6. The lowest BCUT2D eigenvalue weighted by atomic mass is 9.93. The minimum atomic E-state index is -0.461. The molecule has 1 N–H and O–H groups in total. The van der Waals surface area contributed by atoms with Gasteiger partial charge in [-0.1, -0.05) is 37.9 Å². The molecule has 2 aromatic rings. The SMILES string of the molecule is CCOC(=O)CC1=C(CBr)NC(c2nccs2)=N[C@H]1c1ccc(F)cc1Br. The van der Waals surface area contributed by atoms with E-state index in [9.17, 15) is 9.18 Å². The molecule has 2 heterocycles. The number of alkyl halides is 1. The van der Waals surface area contributed by atoms with Crippen LogP contribution in [-0.2, 0) is 9.53 Å². The number of halogens is 3. The maximum Gasteiger partial charge on any atom is 0.310 e. The van der Waals surface area contributed by atoms with E-state index in [0.29, 0.717) is 22.2 Å². The third-order valence-corrected chi connectivity index (χ3v) is 5.94. The highest BCUT2D eigenvalue weighted by Gasteiger charge is 2.30. The first-order valence-corrected chi connectivity index (χ1v) is 11.0. The standard InChI is InChI=1S/C18H16Br2FN3O2S/c1-2-26-15(25)8-12-14(9-19)23-17(18-22-5-6-27-18)24-16(12)11-4-3-10(21)7-13(11)20/h3-7,16H,2,8-9H2,1H3,(H,23,24)/t16-/m0/s1. The molecule has 142 valence electrons. The van der Waals surface area contributed by atoms with Gasteiger partial charge in [-0.2, -0.15) is 0 Å². The first kappa shape index (κ1) is 20.2. The van der Waals surface area contributed by atoms with Gasteiger partial charge in [-0.3, -0.25) is 9.79 Å². The van der Waals surface area contributed by atoms with Crippen LogP contribution in [0.1, 0.15) is 30.0 Å². The Morgan fingerprint density at radius 2 is 2.26 bits per heavy atom. The molecule has 1 aliphatic heterocycles. The lowest BCUT2D eigenvalue weighted by Crippen LogP contribution is -2.32. The molecule has 0 unspecified atom stereocenters. The number of nitrogens with zero attached hydrogens (tertiary/aromatic N) is 2. The summed E-state index contributed by atoms with van der Waals surface area (Å²) in [6.07, 6.45) is 1.80.